The lowest BCUT2D eigenvalue weighted by atomic mass is 10.2. The van der Waals surface area contributed by atoms with Crippen molar-refractivity contribution in [3.05, 3.63) is 0 Å². The standard InChI is InChI=1S/C7H16.CH3I.CH4.HI/c1-3-5-7-6-4-2;1-2;;/h3-7H2,1-2H3;1H3;1H4;1H. The maximum atomic E-state index is 2.25. The van der Waals surface area contributed by atoms with E-state index < -0.39 is 0 Å². The number of rotatable bonds is 4. The summed E-state index contributed by atoms with van der Waals surface area (Å²) < 4.78 is 0. The molecular formula is C9H24I2. The van der Waals surface area contributed by atoms with Crippen LogP contribution in [0.25, 0.3) is 0 Å². The summed E-state index contributed by atoms with van der Waals surface area (Å²) in [6, 6.07) is 0. The molecule has 0 aromatic rings. The smallest absolute Gasteiger partial charge is 0.0121 e. The molecule has 0 rings (SSSR count). The maximum Gasteiger partial charge on any atom is -0.0121 e. The Kier molecular flexibility index (Phi) is 62.5. The molecule has 0 aliphatic carbocycles. The zero-order valence-electron chi connectivity index (χ0n) is 7.32. The van der Waals surface area contributed by atoms with Gasteiger partial charge in [0.05, 0.1) is 0 Å². The normalized spacial score (nSPS) is 6.55. The third-order valence-electron chi connectivity index (χ3n) is 1.21. The van der Waals surface area contributed by atoms with Gasteiger partial charge in [0.1, 0.15) is 0 Å². The average Bonchev–Trinajstić information content (AvgIpc) is 1.94. The second kappa shape index (κ2) is 30.0. The van der Waals surface area contributed by atoms with E-state index in [2.05, 4.69) is 36.4 Å². The zero-order valence-corrected chi connectivity index (χ0v) is 11.8. The van der Waals surface area contributed by atoms with Crippen LogP contribution in [-0.4, -0.2) is 4.93 Å². The third kappa shape index (κ3) is 34.4. The molecular weight excluding hydrogens is 362 g/mol. The van der Waals surface area contributed by atoms with Gasteiger partial charge in [0.25, 0.3) is 0 Å². The molecule has 0 unspecified atom stereocenters. The van der Waals surface area contributed by atoms with Gasteiger partial charge in [-0.05, 0) is 4.93 Å². The van der Waals surface area contributed by atoms with Crippen LogP contribution < -0.4 is 0 Å². The first-order valence-electron chi connectivity index (χ1n) is 3.79. The number of hydrogen-bond acceptors (Lipinski definition) is 0. The minimum absolute atomic E-state index is 0. The molecule has 0 nitrogen and oxygen atoms in total. The van der Waals surface area contributed by atoms with Crippen LogP contribution in [0.3, 0.4) is 0 Å². The Morgan fingerprint density at radius 3 is 1.27 bits per heavy atom. The lowest BCUT2D eigenvalue weighted by Crippen LogP contribution is -1.70. The van der Waals surface area contributed by atoms with E-state index in [4.69, 9.17) is 0 Å². The van der Waals surface area contributed by atoms with Gasteiger partial charge in [-0.1, -0.05) is 76.0 Å². The fourth-order valence-electron chi connectivity index (χ4n) is 0.677. The van der Waals surface area contributed by atoms with Crippen molar-refractivity contribution in [2.75, 3.05) is 4.93 Å². The highest BCUT2D eigenvalue weighted by Gasteiger charge is 1.80. The van der Waals surface area contributed by atoms with Gasteiger partial charge in [0, 0.05) is 0 Å². The van der Waals surface area contributed by atoms with E-state index in [-0.39, 0.29) is 31.4 Å². The summed E-state index contributed by atoms with van der Waals surface area (Å²) in [6.07, 6.45) is 7.01. The Morgan fingerprint density at radius 2 is 1.09 bits per heavy atom. The van der Waals surface area contributed by atoms with E-state index in [1.165, 1.54) is 32.1 Å². The molecule has 0 aliphatic rings. The van der Waals surface area contributed by atoms with Gasteiger partial charge < -0.3 is 0 Å². The largest absolute Gasteiger partial charge is 0.107 e. The van der Waals surface area contributed by atoms with E-state index in [0.717, 1.165) is 0 Å². The Labute approximate surface area is 104 Å². The van der Waals surface area contributed by atoms with Crippen molar-refractivity contribution in [2.45, 2.75) is 53.4 Å². The molecule has 74 valence electrons. The second-order valence-corrected chi connectivity index (χ2v) is 2.06. The summed E-state index contributed by atoms with van der Waals surface area (Å²) in [4.78, 5) is 1.97. The fourth-order valence-corrected chi connectivity index (χ4v) is 0.677. The molecule has 0 aromatic heterocycles. The van der Waals surface area contributed by atoms with Crippen LogP contribution in [0.4, 0.5) is 0 Å². The van der Waals surface area contributed by atoms with Crippen LogP contribution in [0.5, 0.6) is 0 Å². The number of unbranched alkanes of at least 4 members (excludes halogenated alkanes) is 4. The van der Waals surface area contributed by atoms with Crippen molar-refractivity contribution in [1.29, 1.82) is 0 Å². The topological polar surface area (TPSA) is 0 Å². The van der Waals surface area contributed by atoms with Gasteiger partial charge in [-0.3, -0.25) is 0 Å². The molecule has 0 saturated carbocycles. The van der Waals surface area contributed by atoms with Crippen molar-refractivity contribution >= 4 is 46.6 Å². The molecule has 0 fully saturated rings. The zero-order chi connectivity index (χ0) is 7.54. The molecule has 0 aromatic carbocycles. The van der Waals surface area contributed by atoms with Crippen molar-refractivity contribution in [3.63, 3.8) is 0 Å². The quantitative estimate of drug-likeness (QED) is 0.350. The second-order valence-electron chi connectivity index (χ2n) is 2.06. The van der Waals surface area contributed by atoms with Crippen molar-refractivity contribution in [1.82, 2.24) is 0 Å². The lowest BCUT2D eigenvalue weighted by Gasteiger charge is -1.90. The van der Waals surface area contributed by atoms with E-state index in [9.17, 15) is 0 Å². The maximum absolute atomic E-state index is 2.25. The highest BCUT2D eigenvalue weighted by Crippen LogP contribution is 2.00. The summed E-state index contributed by atoms with van der Waals surface area (Å²) >= 11 is 2.15. The predicted octanol–water partition coefficient (Wildman–Crippen LogP) is 5.28. The van der Waals surface area contributed by atoms with E-state index >= 15 is 0 Å². The van der Waals surface area contributed by atoms with Crippen LogP contribution in [0.2, 0.25) is 0 Å². The van der Waals surface area contributed by atoms with Crippen LogP contribution >= 0.6 is 46.6 Å². The summed E-state index contributed by atoms with van der Waals surface area (Å²) in [5.74, 6) is 0. The molecule has 0 radical (unpaired) electrons. The van der Waals surface area contributed by atoms with Gasteiger partial charge in [-0.25, -0.2) is 0 Å². The molecule has 0 saturated heterocycles. The third-order valence-corrected chi connectivity index (χ3v) is 1.21. The highest BCUT2D eigenvalue weighted by molar-refractivity contribution is 14.1. The molecule has 0 N–H and O–H groups in total. The molecule has 0 amide bonds. The molecule has 11 heavy (non-hydrogen) atoms. The van der Waals surface area contributed by atoms with Crippen LogP contribution in [0, 0.1) is 0 Å². The molecule has 0 atom stereocenters. The van der Waals surface area contributed by atoms with Gasteiger partial charge in [0.2, 0.25) is 0 Å². The van der Waals surface area contributed by atoms with Gasteiger partial charge in [-0.2, -0.15) is 0 Å². The van der Waals surface area contributed by atoms with Crippen molar-refractivity contribution in [2.24, 2.45) is 0 Å². The monoisotopic (exact) mass is 386 g/mol. The molecule has 2 heteroatoms. The fraction of sp³-hybridized carbons (Fsp3) is 1.00. The summed E-state index contributed by atoms with van der Waals surface area (Å²) in [7, 11) is 0. The number of hydrogen-bond donors (Lipinski definition) is 0. The Morgan fingerprint density at radius 1 is 0.818 bits per heavy atom. The van der Waals surface area contributed by atoms with Crippen LogP contribution in [0.1, 0.15) is 53.4 Å². The van der Waals surface area contributed by atoms with Gasteiger partial charge in [0.15, 0.2) is 0 Å². The lowest BCUT2D eigenvalue weighted by molar-refractivity contribution is 0.656. The molecule has 0 bridgehead atoms. The average molecular weight is 386 g/mol. The SMILES string of the molecule is C.CCCCCCC.CI.I. The Hall–Kier alpha value is 1.46. The van der Waals surface area contributed by atoms with Crippen molar-refractivity contribution in [3.8, 4) is 0 Å². The highest BCUT2D eigenvalue weighted by atomic mass is 127. The first kappa shape index (κ1) is 22.9. The van der Waals surface area contributed by atoms with E-state index in [0.29, 0.717) is 0 Å². The van der Waals surface area contributed by atoms with Gasteiger partial charge >= 0.3 is 0 Å². The van der Waals surface area contributed by atoms with Crippen molar-refractivity contribution < 1.29 is 0 Å². The Bertz CT molecular complexity index is 26.7. The number of alkyl halides is 1. The molecule has 0 heterocycles. The van der Waals surface area contributed by atoms with Crippen LogP contribution in [0.15, 0.2) is 0 Å². The summed E-state index contributed by atoms with van der Waals surface area (Å²) in [5, 5.41) is 0. The predicted molar refractivity (Wildman–Crippen MR) is 76.5 cm³/mol. The minimum atomic E-state index is 0. The van der Waals surface area contributed by atoms with Crippen LogP contribution in [-0.2, 0) is 0 Å². The molecule has 0 aliphatic heterocycles. The van der Waals surface area contributed by atoms with E-state index in [1.54, 1.807) is 0 Å². The van der Waals surface area contributed by atoms with Gasteiger partial charge in [-0.15, -0.1) is 24.0 Å². The minimum Gasteiger partial charge on any atom is -0.107 e. The Balaban J connectivity index is -0.0000000564. The first-order chi connectivity index (χ1) is 4.41. The van der Waals surface area contributed by atoms with E-state index in [1.807, 2.05) is 4.93 Å². The number of halogens is 2. The summed E-state index contributed by atoms with van der Waals surface area (Å²) in [6.45, 7) is 4.49. The molecule has 0 spiro atoms. The summed E-state index contributed by atoms with van der Waals surface area (Å²) in [5.41, 5.74) is 0. The first-order valence-corrected chi connectivity index (χ1v) is 5.95.